The third-order valence-corrected chi connectivity index (χ3v) is 2.74. The molecule has 0 unspecified atom stereocenters. The highest BCUT2D eigenvalue weighted by molar-refractivity contribution is 9.10. The quantitative estimate of drug-likeness (QED) is 0.792. The lowest BCUT2D eigenvalue weighted by molar-refractivity contribution is 1.23. The van der Waals surface area contributed by atoms with Crippen molar-refractivity contribution in [2.24, 2.45) is 0 Å². The van der Waals surface area contributed by atoms with E-state index in [-0.39, 0.29) is 0 Å². The summed E-state index contributed by atoms with van der Waals surface area (Å²) in [7, 11) is 0. The second kappa shape index (κ2) is 4.20. The topological polar surface area (TPSA) is 49.6 Å². The fourth-order valence-electron chi connectivity index (χ4n) is 1.24. The van der Waals surface area contributed by atoms with Gasteiger partial charge in [-0.05, 0) is 34.1 Å². The zero-order chi connectivity index (χ0) is 10.7. The summed E-state index contributed by atoms with van der Waals surface area (Å²) in [5.74, 6) is 0. The maximum Gasteiger partial charge on any atom is 0.155 e. The van der Waals surface area contributed by atoms with Crippen molar-refractivity contribution < 1.29 is 0 Å². The Morgan fingerprint density at radius 3 is 2.67 bits per heavy atom. The van der Waals surface area contributed by atoms with Gasteiger partial charge in [-0.1, -0.05) is 6.07 Å². The monoisotopic (exact) mass is 259 g/mol. The third-order valence-electron chi connectivity index (χ3n) is 1.94. The van der Waals surface area contributed by atoms with E-state index in [1.165, 1.54) is 0 Å². The van der Waals surface area contributed by atoms with Gasteiger partial charge in [-0.2, -0.15) is 5.26 Å². The van der Waals surface area contributed by atoms with Crippen molar-refractivity contribution in [3.63, 3.8) is 0 Å². The molecule has 0 atom stereocenters. The highest BCUT2D eigenvalue weighted by Crippen LogP contribution is 2.27. The summed E-state index contributed by atoms with van der Waals surface area (Å²) in [6.45, 7) is 0. The van der Waals surface area contributed by atoms with Gasteiger partial charge in [0.1, 0.15) is 6.07 Å². The van der Waals surface area contributed by atoms with Crippen LogP contribution in [0.2, 0.25) is 0 Å². The summed E-state index contributed by atoms with van der Waals surface area (Å²) >= 11 is 3.35. The maximum atomic E-state index is 8.83. The minimum Gasteiger partial charge on any atom is -0.256 e. The average Bonchev–Trinajstić information content (AvgIpc) is 2.30. The molecule has 4 heteroatoms. The first-order valence-corrected chi connectivity index (χ1v) is 5.08. The molecule has 15 heavy (non-hydrogen) atoms. The normalized spacial score (nSPS) is 9.60. The van der Waals surface area contributed by atoms with Crippen LogP contribution in [0, 0.1) is 11.3 Å². The van der Waals surface area contributed by atoms with E-state index in [0.29, 0.717) is 10.2 Å². The predicted molar refractivity (Wildman–Crippen MR) is 59.9 cm³/mol. The first-order valence-electron chi connectivity index (χ1n) is 4.29. The summed E-state index contributed by atoms with van der Waals surface area (Å²) in [6, 6.07) is 9.49. The van der Waals surface area contributed by atoms with Crippen LogP contribution in [0.15, 0.2) is 41.1 Å². The average molecular weight is 260 g/mol. The number of rotatable bonds is 1. The van der Waals surface area contributed by atoms with Crippen molar-refractivity contribution in [2.75, 3.05) is 0 Å². The molecule has 2 rings (SSSR count). The van der Waals surface area contributed by atoms with Crippen LogP contribution in [0.1, 0.15) is 5.69 Å². The molecule has 3 nitrogen and oxygen atoms in total. The molecule has 0 N–H and O–H groups in total. The SMILES string of the molecule is N#Cc1nccc(-c2ccccn2)c1Br. The maximum absolute atomic E-state index is 8.83. The lowest BCUT2D eigenvalue weighted by Crippen LogP contribution is -1.89. The number of hydrogen-bond acceptors (Lipinski definition) is 3. The first kappa shape index (κ1) is 9.81. The molecule has 0 amide bonds. The van der Waals surface area contributed by atoms with Crippen molar-refractivity contribution in [1.29, 1.82) is 5.26 Å². The molecule has 0 aliphatic carbocycles. The molecular formula is C11H6BrN3. The number of aromatic nitrogens is 2. The largest absolute Gasteiger partial charge is 0.256 e. The van der Waals surface area contributed by atoms with Gasteiger partial charge in [-0.25, -0.2) is 4.98 Å². The van der Waals surface area contributed by atoms with E-state index in [0.717, 1.165) is 11.3 Å². The van der Waals surface area contributed by atoms with E-state index in [4.69, 9.17) is 5.26 Å². The number of nitrogens with zero attached hydrogens (tertiary/aromatic N) is 3. The van der Waals surface area contributed by atoms with E-state index in [1.54, 1.807) is 12.4 Å². The summed E-state index contributed by atoms with van der Waals surface area (Å²) < 4.78 is 0.686. The van der Waals surface area contributed by atoms with E-state index < -0.39 is 0 Å². The van der Waals surface area contributed by atoms with Crippen LogP contribution in [-0.4, -0.2) is 9.97 Å². The standard InChI is InChI=1S/C11H6BrN3/c12-11-8(4-6-15-10(11)7-13)9-3-1-2-5-14-9/h1-6H. The van der Waals surface area contributed by atoms with Gasteiger partial charge in [0.25, 0.3) is 0 Å². The molecule has 2 aromatic heterocycles. The molecule has 0 saturated carbocycles. The Morgan fingerprint density at radius 1 is 1.13 bits per heavy atom. The molecule has 0 aromatic carbocycles. The molecular weight excluding hydrogens is 254 g/mol. The van der Waals surface area contributed by atoms with Crippen LogP contribution in [0.3, 0.4) is 0 Å². The molecule has 72 valence electrons. The number of nitriles is 1. The van der Waals surface area contributed by atoms with Gasteiger partial charge in [0, 0.05) is 18.0 Å². The smallest absolute Gasteiger partial charge is 0.155 e. The summed E-state index contributed by atoms with van der Waals surface area (Å²) in [5.41, 5.74) is 2.07. The molecule has 0 bridgehead atoms. The Labute approximate surface area is 95.6 Å². The predicted octanol–water partition coefficient (Wildman–Crippen LogP) is 2.78. The van der Waals surface area contributed by atoms with Gasteiger partial charge in [-0.15, -0.1) is 0 Å². The zero-order valence-corrected chi connectivity index (χ0v) is 9.27. The van der Waals surface area contributed by atoms with Gasteiger partial charge in [0.05, 0.1) is 10.2 Å². The van der Waals surface area contributed by atoms with Crippen LogP contribution in [-0.2, 0) is 0 Å². The van der Waals surface area contributed by atoms with E-state index in [9.17, 15) is 0 Å². The Hall–Kier alpha value is -1.73. The van der Waals surface area contributed by atoms with Gasteiger partial charge < -0.3 is 0 Å². The molecule has 2 heterocycles. The highest BCUT2D eigenvalue weighted by atomic mass is 79.9. The minimum atomic E-state index is 0.373. The van der Waals surface area contributed by atoms with Crippen LogP contribution in [0.4, 0.5) is 0 Å². The zero-order valence-electron chi connectivity index (χ0n) is 7.68. The van der Waals surface area contributed by atoms with E-state index >= 15 is 0 Å². The summed E-state index contributed by atoms with van der Waals surface area (Å²) in [5, 5.41) is 8.83. The molecule has 0 fully saturated rings. The van der Waals surface area contributed by atoms with E-state index in [1.807, 2.05) is 30.3 Å². The van der Waals surface area contributed by atoms with Crippen LogP contribution >= 0.6 is 15.9 Å². The molecule has 0 saturated heterocycles. The van der Waals surface area contributed by atoms with Crippen molar-refractivity contribution in [3.05, 3.63) is 46.8 Å². The molecule has 0 aliphatic rings. The Balaban J connectivity index is 2.61. The molecule has 2 aromatic rings. The van der Waals surface area contributed by atoms with Gasteiger partial charge in [0.15, 0.2) is 5.69 Å². The van der Waals surface area contributed by atoms with Crippen molar-refractivity contribution in [3.8, 4) is 17.3 Å². The Bertz CT molecular complexity index is 517. The fraction of sp³-hybridized carbons (Fsp3) is 0. The fourth-order valence-corrected chi connectivity index (χ4v) is 1.77. The Morgan fingerprint density at radius 2 is 2.00 bits per heavy atom. The highest BCUT2D eigenvalue weighted by Gasteiger charge is 2.08. The summed E-state index contributed by atoms with van der Waals surface area (Å²) in [4.78, 5) is 8.17. The second-order valence-electron chi connectivity index (χ2n) is 2.85. The van der Waals surface area contributed by atoms with Gasteiger partial charge in [-0.3, -0.25) is 4.98 Å². The Kier molecular flexibility index (Phi) is 2.75. The lowest BCUT2D eigenvalue weighted by atomic mass is 10.1. The van der Waals surface area contributed by atoms with Crippen LogP contribution in [0.5, 0.6) is 0 Å². The molecule has 0 aliphatic heterocycles. The van der Waals surface area contributed by atoms with Gasteiger partial charge in [0.2, 0.25) is 0 Å². The summed E-state index contributed by atoms with van der Waals surface area (Å²) in [6.07, 6.45) is 3.32. The number of pyridine rings is 2. The minimum absolute atomic E-state index is 0.373. The van der Waals surface area contributed by atoms with E-state index in [2.05, 4.69) is 25.9 Å². The molecule has 0 radical (unpaired) electrons. The second-order valence-corrected chi connectivity index (χ2v) is 3.64. The van der Waals surface area contributed by atoms with Crippen molar-refractivity contribution in [2.45, 2.75) is 0 Å². The number of hydrogen-bond donors (Lipinski definition) is 0. The first-order chi connectivity index (χ1) is 7.33. The van der Waals surface area contributed by atoms with Crippen LogP contribution < -0.4 is 0 Å². The van der Waals surface area contributed by atoms with Crippen molar-refractivity contribution >= 4 is 15.9 Å². The number of halogens is 1. The van der Waals surface area contributed by atoms with Crippen molar-refractivity contribution in [1.82, 2.24) is 9.97 Å². The van der Waals surface area contributed by atoms with Gasteiger partial charge >= 0.3 is 0 Å². The van der Waals surface area contributed by atoms with Crippen LogP contribution in [0.25, 0.3) is 11.3 Å². The molecule has 0 spiro atoms. The third kappa shape index (κ3) is 1.88. The lowest BCUT2D eigenvalue weighted by Gasteiger charge is -2.03.